The molecule has 1 aliphatic rings. The van der Waals surface area contributed by atoms with Crippen LogP contribution in [0.25, 0.3) is 0 Å². The number of carbonyl (C=O) groups is 1. The van der Waals surface area contributed by atoms with Crippen molar-refractivity contribution in [3.05, 3.63) is 58.1 Å². The van der Waals surface area contributed by atoms with Crippen molar-refractivity contribution in [2.45, 2.75) is 19.8 Å². The molecule has 2 aromatic carbocycles. The maximum absolute atomic E-state index is 11.6. The summed E-state index contributed by atoms with van der Waals surface area (Å²) in [6.45, 7) is 4.37. The predicted octanol–water partition coefficient (Wildman–Crippen LogP) is 4.79. The molecule has 0 N–H and O–H groups in total. The molecule has 1 fully saturated rings. The lowest BCUT2D eigenvalue weighted by molar-refractivity contribution is 0.0601. The minimum Gasteiger partial charge on any atom is -0.465 e. The maximum atomic E-state index is 11.6. The summed E-state index contributed by atoms with van der Waals surface area (Å²) in [4.78, 5) is 18.5. The van der Waals surface area contributed by atoms with Gasteiger partial charge in [-0.3, -0.25) is 4.99 Å². The molecular weight excluding hydrogens is 336 g/mol. The molecule has 0 aromatic heterocycles. The van der Waals surface area contributed by atoms with Crippen molar-refractivity contribution in [1.82, 2.24) is 0 Å². The van der Waals surface area contributed by atoms with Crippen molar-refractivity contribution in [3.63, 3.8) is 0 Å². The second-order valence-electron chi connectivity index (χ2n) is 6.15. The third kappa shape index (κ3) is 4.02. The SMILES string of the molecule is COC(=O)c1ccc(N=Cc2ccc(N3CCCC3)cc2C)cc1Cl. The fourth-order valence-electron chi connectivity index (χ4n) is 2.98. The highest BCUT2D eigenvalue weighted by Gasteiger charge is 2.13. The highest BCUT2D eigenvalue weighted by molar-refractivity contribution is 6.33. The van der Waals surface area contributed by atoms with Crippen LogP contribution in [0, 0.1) is 6.92 Å². The highest BCUT2D eigenvalue weighted by Crippen LogP contribution is 2.25. The molecule has 2 aromatic rings. The van der Waals surface area contributed by atoms with Gasteiger partial charge in [0.25, 0.3) is 0 Å². The maximum Gasteiger partial charge on any atom is 0.339 e. The van der Waals surface area contributed by atoms with Crippen molar-refractivity contribution < 1.29 is 9.53 Å². The van der Waals surface area contributed by atoms with E-state index in [2.05, 4.69) is 39.8 Å². The number of aliphatic imine (C=N–C) groups is 1. The Balaban J connectivity index is 1.77. The predicted molar refractivity (Wildman–Crippen MR) is 103 cm³/mol. The van der Waals surface area contributed by atoms with Crippen LogP contribution in [0.4, 0.5) is 11.4 Å². The zero-order chi connectivity index (χ0) is 17.8. The Morgan fingerprint density at radius 2 is 1.96 bits per heavy atom. The molecular formula is C20H21ClN2O2. The highest BCUT2D eigenvalue weighted by atomic mass is 35.5. The lowest BCUT2D eigenvalue weighted by atomic mass is 10.1. The first-order valence-corrected chi connectivity index (χ1v) is 8.74. The number of esters is 1. The van der Waals surface area contributed by atoms with Gasteiger partial charge in [-0.05, 0) is 61.2 Å². The molecule has 0 radical (unpaired) electrons. The Morgan fingerprint density at radius 3 is 2.60 bits per heavy atom. The van der Waals surface area contributed by atoms with Gasteiger partial charge in [-0.2, -0.15) is 0 Å². The van der Waals surface area contributed by atoms with Gasteiger partial charge < -0.3 is 9.64 Å². The van der Waals surface area contributed by atoms with Crippen LogP contribution in [0.3, 0.4) is 0 Å². The van der Waals surface area contributed by atoms with E-state index >= 15 is 0 Å². The van der Waals surface area contributed by atoms with Gasteiger partial charge in [0.1, 0.15) is 0 Å². The number of halogens is 1. The zero-order valence-electron chi connectivity index (χ0n) is 14.5. The third-order valence-corrected chi connectivity index (χ3v) is 4.75. The summed E-state index contributed by atoms with van der Waals surface area (Å²) in [5.41, 5.74) is 4.56. The lowest BCUT2D eigenvalue weighted by Crippen LogP contribution is -2.17. The van der Waals surface area contributed by atoms with E-state index in [4.69, 9.17) is 11.6 Å². The van der Waals surface area contributed by atoms with Gasteiger partial charge >= 0.3 is 5.97 Å². The van der Waals surface area contributed by atoms with E-state index in [9.17, 15) is 4.79 Å². The smallest absolute Gasteiger partial charge is 0.339 e. The number of nitrogens with zero attached hydrogens (tertiary/aromatic N) is 2. The van der Waals surface area contributed by atoms with E-state index in [1.165, 1.54) is 31.2 Å². The molecule has 130 valence electrons. The van der Waals surface area contributed by atoms with E-state index in [1.807, 2.05) is 6.21 Å². The van der Waals surface area contributed by atoms with Crippen molar-refractivity contribution >= 4 is 35.2 Å². The van der Waals surface area contributed by atoms with Crippen LogP contribution in [-0.2, 0) is 4.74 Å². The molecule has 1 aliphatic heterocycles. The number of methoxy groups -OCH3 is 1. The minimum absolute atomic E-state index is 0.336. The molecule has 0 spiro atoms. The summed E-state index contributed by atoms with van der Waals surface area (Å²) in [7, 11) is 1.33. The third-order valence-electron chi connectivity index (χ3n) is 4.44. The fraction of sp³-hybridized carbons (Fsp3) is 0.300. The number of anilines is 1. The number of hydrogen-bond donors (Lipinski definition) is 0. The van der Waals surface area contributed by atoms with Crippen molar-refractivity contribution in [1.29, 1.82) is 0 Å². The van der Waals surface area contributed by atoms with E-state index in [0.717, 1.165) is 18.7 Å². The molecule has 5 heteroatoms. The summed E-state index contributed by atoms with van der Waals surface area (Å²) in [5, 5.41) is 0.336. The van der Waals surface area contributed by atoms with Crippen LogP contribution in [0.2, 0.25) is 5.02 Å². The van der Waals surface area contributed by atoms with Gasteiger partial charge in [0.05, 0.1) is 23.4 Å². The van der Waals surface area contributed by atoms with Crippen LogP contribution < -0.4 is 4.90 Å². The standard InChI is InChI=1S/C20H21ClN2O2/c1-14-11-17(23-9-3-4-10-23)7-5-15(14)13-22-16-6-8-18(19(21)12-16)20(24)25-2/h5-8,11-13H,3-4,9-10H2,1-2H3. The van der Waals surface area contributed by atoms with E-state index in [-0.39, 0.29) is 0 Å². The summed E-state index contributed by atoms with van der Waals surface area (Å²) < 4.78 is 4.69. The number of rotatable bonds is 4. The van der Waals surface area contributed by atoms with Gasteiger partial charge in [-0.15, -0.1) is 0 Å². The normalized spacial score (nSPS) is 14.3. The molecule has 3 rings (SSSR count). The number of ether oxygens (including phenoxy) is 1. The molecule has 1 heterocycles. The molecule has 25 heavy (non-hydrogen) atoms. The summed E-state index contributed by atoms with van der Waals surface area (Å²) in [6.07, 6.45) is 4.36. The van der Waals surface area contributed by atoms with Crippen molar-refractivity contribution in [2.75, 3.05) is 25.1 Å². The second-order valence-corrected chi connectivity index (χ2v) is 6.56. The first-order valence-electron chi connectivity index (χ1n) is 8.36. The Hall–Kier alpha value is -2.33. The average Bonchev–Trinajstić information content (AvgIpc) is 3.14. The fourth-order valence-corrected chi connectivity index (χ4v) is 3.23. The quantitative estimate of drug-likeness (QED) is 0.584. The molecule has 0 saturated carbocycles. The average molecular weight is 357 g/mol. The number of benzene rings is 2. The van der Waals surface area contributed by atoms with Crippen LogP contribution >= 0.6 is 11.6 Å². The van der Waals surface area contributed by atoms with Crippen LogP contribution in [0.5, 0.6) is 0 Å². The van der Waals surface area contributed by atoms with Crippen molar-refractivity contribution in [2.24, 2.45) is 4.99 Å². The zero-order valence-corrected chi connectivity index (χ0v) is 15.2. The van der Waals surface area contributed by atoms with Gasteiger partial charge in [0.15, 0.2) is 0 Å². The van der Waals surface area contributed by atoms with Crippen molar-refractivity contribution in [3.8, 4) is 0 Å². The molecule has 0 unspecified atom stereocenters. The van der Waals surface area contributed by atoms with Crippen LogP contribution in [0.15, 0.2) is 41.4 Å². The first kappa shape index (κ1) is 17.5. The molecule has 0 aliphatic carbocycles. The van der Waals surface area contributed by atoms with Gasteiger partial charge in [0.2, 0.25) is 0 Å². The summed E-state index contributed by atoms with van der Waals surface area (Å²) in [5.74, 6) is -0.450. The summed E-state index contributed by atoms with van der Waals surface area (Å²) in [6, 6.07) is 11.5. The molecule has 4 nitrogen and oxygen atoms in total. The Bertz CT molecular complexity index is 811. The molecule has 0 bridgehead atoms. The van der Waals surface area contributed by atoms with E-state index in [0.29, 0.717) is 16.3 Å². The largest absolute Gasteiger partial charge is 0.465 e. The van der Waals surface area contributed by atoms with Crippen LogP contribution in [0.1, 0.15) is 34.3 Å². The van der Waals surface area contributed by atoms with Crippen LogP contribution in [-0.4, -0.2) is 32.4 Å². The Labute approximate surface area is 153 Å². The van der Waals surface area contributed by atoms with Gasteiger partial charge in [0, 0.05) is 25.0 Å². The summed E-state index contributed by atoms with van der Waals surface area (Å²) >= 11 is 6.13. The first-order chi connectivity index (χ1) is 12.1. The monoisotopic (exact) mass is 356 g/mol. The van der Waals surface area contributed by atoms with E-state index < -0.39 is 5.97 Å². The number of aryl methyl sites for hydroxylation is 1. The topological polar surface area (TPSA) is 41.9 Å². The molecule has 0 atom stereocenters. The van der Waals surface area contributed by atoms with Gasteiger partial charge in [-0.1, -0.05) is 17.7 Å². The second kappa shape index (κ2) is 7.70. The lowest BCUT2D eigenvalue weighted by Gasteiger charge is -2.18. The molecule has 0 amide bonds. The Morgan fingerprint density at radius 1 is 1.20 bits per heavy atom. The van der Waals surface area contributed by atoms with E-state index in [1.54, 1.807) is 18.2 Å². The number of hydrogen-bond acceptors (Lipinski definition) is 4. The number of carbonyl (C=O) groups excluding carboxylic acids is 1. The molecule has 1 saturated heterocycles. The minimum atomic E-state index is -0.450. The van der Waals surface area contributed by atoms with Gasteiger partial charge in [-0.25, -0.2) is 4.79 Å². The Kier molecular flexibility index (Phi) is 5.39.